The molecule has 166 valence electrons. The van der Waals surface area contributed by atoms with Crippen molar-refractivity contribution >= 4 is 55.5 Å². The van der Waals surface area contributed by atoms with E-state index < -0.39 is 0 Å². The van der Waals surface area contributed by atoms with Gasteiger partial charge in [-0.15, -0.1) is 22.7 Å². The number of nitrogens with zero attached hydrogens (tertiary/aromatic N) is 3. The molecule has 2 aromatic carbocycles. The first-order chi connectivity index (χ1) is 16.2. The standard InChI is InChI=1S/C24H18IN3O3S2/c1-30-21-8-18(6-7-20(21)31-11-17-12-32-14-27-17)28-13-26-19-9-22(33-23(19)24(28)29)16-4-2-15(10-25)3-5-16/h2-9,12-14H,10-11H2,1H3. The summed E-state index contributed by atoms with van der Waals surface area (Å²) in [6.45, 7) is 0.351. The average Bonchev–Trinajstić information content (AvgIpc) is 3.53. The molecule has 0 aliphatic heterocycles. The molecule has 5 rings (SSSR count). The van der Waals surface area contributed by atoms with Crippen LogP contribution in [0.15, 0.2) is 70.5 Å². The van der Waals surface area contributed by atoms with E-state index in [0.29, 0.717) is 34.0 Å². The quantitative estimate of drug-likeness (QED) is 0.170. The van der Waals surface area contributed by atoms with Gasteiger partial charge in [-0.2, -0.15) is 0 Å². The van der Waals surface area contributed by atoms with Crippen LogP contribution in [0.1, 0.15) is 11.3 Å². The van der Waals surface area contributed by atoms with Crippen LogP contribution in [0.5, 0.6) is 11.5 Å². The number of hydrogen-bond acceptors (Lipinski definition) is 7. The molecule has 0 aliphatic carbocycles. The number of benzene rings is 2. The van der Waals surface area contributed by atoms with E-state index in [1.54, 1.807) is 31.1 Å². The average molecular weight is 587 g/mol. The summed E-state index contributed by atoms with van der Waals surface area (Å²) in [7, 11) is 1.58. The summed E-state index contributed by atoms with van der Waals surface area (Å²) in [6.07, 6.45) is 1.56. The highest BCUT2D eigenvalue weighted by Gasteiger charge is 2.14. The molecule has 0 saturated carbocycles. The summed E-state index contributed by atoms with van der Waals surface area (Å²) in [4.78, 5) is 23.1. The molecule has 0 fully saturated rings. The second-order valence-electron chi connectivity index (χ2n) is 7.18. The van der Waals surface area contributed by atoms with Gasteiger partial charge in [-0.3, -0.25) is 9.36 Å². The Morgan fingerprint density at radius 3 is 2.64 bits per heavy atom. The van der Waals surface area contributed by atoms with Crippen LogP contribution in [-0.4, -0.2) is 21.6 Å². The number of rotatable bonds is 7. The van der Waals surface area contributed by atoms with Crippen molar-refractivity contribution in [2.45, 2.75) is 11.0 Å². The van der Waals surface area contributed by atoms with Crippen molar-refractivity contribution in [1.82, 2.24) is 14.5 Å². The summed E-state index contributed by atoms with van der Waals surface area (Å²) < 4.78 is 14.5. The van der Waals surface area contributed by atoms with Gasteiger partial charge in [0.15, 0.2) is 11.5 Å². The first-order valence-electron chi connectivity index (χ1n) is 10.0. The normalized spacial score (nSPS) is 11.1. The van der Waals surface area contributed by atoms with Crippen molar-refractivity contribution in [3.63, 3.8) is 0 Å². The molecule has 0 amide bonds. The summed E-state index contributed by atoms with van der Waals surface area (Å²) in [6, 6.07) is 15.8. The van der Waals surface area contributed by atoms with Crippen molar-refractivity contribution in [3.05, 3.63) is 87.4 Å². The Labute approximate surface area is 211 Å². The smallest absolute Gasteiger partial charge is 0.275 e. The number of methoxy groups -OCH3 is 1. The maximum atomic E-state index is 13.3. The fourth-order valence-corrected chi connectivity index (χ4v) is 5.48. The number of aromatic nitrogens is 3. The number of halogens is 1. The third-order valence-corrected chi connectivity index (χ3v) is 7.79. The summed E-state index contributed by atoms with van der Waals surface area (Å²) in [5.74, 6) is 1.13. The third-order valence-electron chi connectivity index (χ3n) is 5.11. The molecular formula is C24H18IN3O3S2. The molecule has 0 saturated heterocycles. The van der Waals surface area contributed by atoms with Gasteiger partial charge in [-0.25, -0.2) is 9.97 Å². The molecule has 0 N–H and O–H groups in total. The molecule has 5 aromatic rings. The van der Waals surface area contributed by atoms with Crippen molar-refractivity contribution in [2.75, 3.05) is 7.11 Å². The minimum absolute atomic E-state index is 0.113. The van der Waals surface area contributed by atoms with E-state index in [1.807, 2.05) is 17.5 Å². The van der Waals surface area contributed by atoms with Crippen molar-refractivity contribution < 1.29 is 9.47 Å². The molecule has 33 heavy (non-hydrogen) atoms. The Bertz CT molecular complexity index is 1460. The lowest BCUT2D eigenvalue weighted by molar-refractivity contribution is 0.281. The van der Waals surface area contributed by atoms with Crippen molar-refractivity contribution in [1.29, 1.82) is 0 Å². The molecule has 3 heterocycles. The fourth-order valence-electron chi connectivity index (χ4n) is 3.38. The number of thiophene rings is 1. The van der Waals surface area contributed by atoms with Crippen LogP contribution in [0.2, 0.25) is 0 Å². The fraction of sp³-hybridized carbons (Fsp3) is 0.125. The van der Waals surface area contributed by atoms with Gasteiger partial charge in [0, 0.05) is 20.8 Å². The zero-order valence-corrected chi connectivity index (χ0v) is 21.3. The Morgan fingerprint density at radius 1 is 1.06 bits per heavy atom. The molecule has 9 heteroatoms. The van der Waals surface area contributed by atoms with Gasteiger partial charge < -0.3 is 9.47 Å². The van der Waals surface area contributed by atoms with E-state index in [4.69, 9.17) is 9.47 Å². The Kier molecular flexibility index (Phi) is 6.43. The van der Waals surface area contributed by atoms with Crippen molar-refractivity contribution in [3.8, 4) is 27.6 Å². The van der Waals surface area contributed by atoms with E-state index in [0.717, 1.165) is 20.6 Å². The van der Waals surface area contributed by atoms with E-state index in [2.05, 4.69) is 56.8 Å². The van der Waals surface area contributed by atoms with Gasteiger partial charge in [-0.05, 0) is 29.3 Å². The van der Waals surface area contributed by atoms with E-state index >= 15 is 0 Å². The second kappa shape index (κ2) is 9.62. The van der Waals surface area contributed by atoms with Gasteiger partial charge in [0.1, 0.15) is 17.6 Å². The lowest BCUT2D eigenvalue weighted by atomic mass is 10.1. The molecular weight excluding hydrogens is 569 g/mol. The first-order valence-corrected chi connectivity index (χ1v) is 13.3. The van der Waals surface area contributed by atoms with Gasteiger partial charge in [0.05, 0.1) is 29.5 Å². The maximum absolute atomic E-state index is 13.3. The second-order valence-corrected chi connectivity index (χ2v) is 9.71. The number of thiazole rings is 1. The van der Waals surface area contributed by atoms with Crippen LogP contribution >= 0.6 is 45.3 Å². The molecule has 0 radical (unpaired) electrons. The highest BCUT2D eigenvalue weighted by molar-refractivity contribution is 14.1. The van der Waals surface area contributed by atoms with Crippen LogP contribution in [-0.2, 0) is 11.0 Å². The molecule has 0 aliphatic rings. The number of ether oxygens (including phenoxy) is 2. The number of fused-ring (bicyclic) bond motifs is 1. The molecule has 0 atom stereocenters. The van der Waals surface area contributed by atoms with E-state index in [-0.39, 0.29) is 5.56 Å². The SMILES string of the molecule is COc1cc(-n2cnc3cc(-c4ccc(CI)cc4)sc3c2=O)ccc1OCc1cscn1. The van der Waals surface area contributed by atoms with Crippen LogP contribution in [0.4, 0.5) is 0 Å². The highest BCUT2D eigenvalue weighted by Crippen LogP contribution is 2.33. The van der Waals surface area contributed by atoms with Crippen LogP contribution < -0.4 is 15.0 Å². The topological polar surface area (TPSA) is 66.2 Å². The van der Waals surface area contributed by atoms with Crippen LogP contribution in [0.25, 0.3) is 26.3 Å². The predicted octanol–water partition coefficient (Wildman–Crippen LogP) is 6.09. The minimum Gasteiger partial charge on any atom is -0.493 e. The highest BCUT2D eigenvalue weighted by atomic mass is 127. The zero-order valence-electron chi connectivity index (χ0n) is 17.5. The number of hydrogen-bond donors (Lipinski definition) is 0. The number of alkyl halides is 1. The van der Waals surface area contributed by atoms with Crippen molar-refractivity contribution in [2.24, 2.45) is 0 Å². The third kappa shape index (κ3) is 4.53. The Balaban J connectivity index is 1.47. The van der Waals surface area contributed by atoms with E-state index in [9.17, 15) is 4.79 Å². The lowest BCUT2D eigenvalue weighted by Gasteiger charge is -2.12. The molecule has 0 spiro atoms. The van der Waals surface area contributed by atoms with Gasteiger partial charge >= 0.3 is 0 Å². The predicted molar refractivity (Wildman–Crippen MR) is 141 cm³/mol. The maximum Gasteiger partial charge on any atom is 0.275 e. The van der Waals surface area contributed by atoms with Gasteiger partial charge in [0.2, 0.25) is 0 Å². The molecule has 6 nitrogen and oxygen atoms in total. The van der Waals surface area contributed by atoms with Gasteiger partial charge in [0.25, 0.3) is 5.56 Å². The Morgan fingerprint density at radius 2 is 1.91 bits per heavy atom. The molecule has 0 bridgehead atoms. The van der Waals surface area contributed by atoms with Crippen LogP contribution in [0, 0.1) is 0 Å². The summed E-state index contributed by atoms with van der Waals surface area (Å²) >= 11 is 5.33. The summed E-state index contributed by atoms with van der Waals surface area (Å²) in [5.41, 5.74) is 6.23. The monoisotopic (exact) mass is 587 g/mol. The first kappa shape index (κ1) is 22.1. The minimum atomic E-state index is -0.113. The largest absolute Gasteiger partial charge is 0.493 e. The molecule has 0 unspecified atom stereocenters. The van der Waals surface area contributed by atoms with E-state index in [1.165, 1.54) is 32.8 Å². The molecule has 3 aromatic heterocycles. The van der Waals surface area contributed by atoms with Crippen LogP contribution in [0.3, 0.4) is 0 Å². The lowest BCUT2D eigenvalue weighted by Crippen LogP contribution is -2.17. The van der Waals surface area contributed by atoms with Gasteiger partial charge in [-0.1, -0.05) is 46.9 Å². The summed E-state index contributed by atoms with van der Waals surface area (Å²) in [5, 5.41) is 1.94. The Hall–Kier alpha value is -2.76. The zero-order chi connectivity index (χ0) is 22.8.